The van der Waals surface area contributed by atoms with Crippen LogP contribution in [0.25, 0.3) is 0 Å². The van der Waals surface area contributed by atoms with Gasteiger partial charge in [-0.15, -0.1) is 11.8 Å². The summed E-state index contributed by atoms with van der Waals surface area (Å²) in [5, 5.41) is 9.69. The summed E-state index contributed by atoms with van der Waals surface area (Å²) >= 11 is 5.83. The Morgan fingerprint density at radius 2 is 2.31 bits per heavy atom. The van der Waals surface area contributed by atoms with Gasteiger partial charge in [0.15, 0.2) is 0 Å². The number of carboxylic acid groups (broad SMARTS) is 1. The van der Waals surface area contributed by atoms with Crippen molar-refractivity contribution in [3.8, 4) is 11.8 Å². The van der Waals surface area contributed by atoms with E-state index in [-0.39, 0.29) is 0 Å². The number of carbonyl (C=O) groups is 1. The molecule has 2 nitrogen and oxygen atoms in total. The average molecular weight is 237 g/mol. The van der Waals surface area contributed by atoms with Gasteiger partial charge in [-0.3, -0.25) is 4.79 Å². The fourth-order valence-electron chi connectivity index (χ4n) is 1.50. The normalized spacial score (nSPS) is 11.4. The fraction of sp³-hybridized carbons (Fsp3) is 0.308. The maximum absolute atomic E-state index is 11.1. The molecule has 0 spiro atoms. The Kier molecular flexibility index (Phi) is 4.88. The molecule has 16 heavy (non-hydrogen) atoms. The quantitative estimate of drug-likeness (QED) is 0.815. The number of aliphatic carboxylic acids is 1. The van der Waals surface area contributed by atoms with Crippen molar-refractivity contribution in [2.75, 3.05) is 0 Å². The van der Waals surface area contributed by atoms with E-state index >= 15 is 0 Å². The highest BCUT2D eigenvalue weighted by molar-refractivity contribution is 6.30. The highest BCUT2D eigenvalue weighted by Gasteiger charge is 2.18. The molecule has 0 fully saturated rings. The van der Waals surface area contributed by atoms with Gasteiger partial charge in [-0.1, -0.05) is 23.7 Å². The van der Waals surface area contributed by atoms with E-state index in [0.717, 1.165) is 5.56 Å². The number of hydrogen-bond acceptors (Lipinski definition) is 1. The zero-order chi connectivity index (χ0) is 12.0. The van der Waals surface area contributed by atoms with Gasteiger partial charge in [-0.25, -0.2) is 0 Å². The maximum atomic E-state index is 11.1. The lowest BCUT2D eigenvalue weighted by atomic mass is 9.94. The summed E-state index contributed by atoms with van der Waals surface area (Å²) < 4.78 is 0. The number of benzene rings is 1. The van der Waals surface area contributed by atoms with E-state index in [1.165, 1.54) is 0 Å². The van der Waals surface area contributed by atoms with Crippen molar-refractivity contribution in [1.82, 2.24) is 0 Å². The van der Waals surface area contributed by atoms with Crippen LogP contribution < -0.4 is 0 Å². The number of carboxylic acids is 1. The Balaban J connectivity index is 2.84. The smallest absolute Gasteiger partial charge is 0.311 e. The third-order valence-corrected chi connectivity index (χ3v) is 2.52. The molecule has 0 saturated carbocycles. The van der Waals surface area contributed by atoms with Crippen molar-refractivity contribution in [3.63, 3.8) is 0 Å². The second kappa shape index (κ2) is 6.19. The van der Waals surface area contributed by atoms with Crippen LogP contribution in [0, 0.1) is 11.8 Å². The summed E-state index contributed by atoms with van der Waals surface area (Å²) in [5.41, 5.74) is 0.734. The highest BCUT2D eigenvalue weighted by atomic mass is 35.5. The molecule has 1 atom stereocenters. The SMILES string of the molecule is CC#CCCC(C(=O)O)c1cccc(Cl)c1. The van der Waals surface area contributed by atoms with Crippen molar-refractivity contribution in [2.45, 2.75) is 25.7 Å². The molecule has 0 bridgehead atoms. The van der Waals surface area contributed by atoms with Gasteiger partial charge in [0.05, 0.1) is 5.92 Å². The average Bonchev–Trinajstić information content (AvgIpc) is 2.24. The molecule has 1 N–H and O–H groups in total. The molecule has 0 amide bonds. The minimum atomic E-state index is -0.833. The van der Waals surface area contributed by atoms with Gasteiger partial charge in [-0.05, 0) is 31.0 Å². The van der Waals surface area contributed by atoms with E-state index in [1.54, 1.807) is 31.2 Å². The van der Waals surface area contributed by atoms with Gasteiger partial charge < -0.3 is 5.11 Å². The van der Waals surface area contributed by atoms with Crippen LogP contribution in [0.15, 0.2) is 24.3 Å². The van der Waals surface area contributed by atoms with E-state index in [9.17, 15) is 4.79 Å². The van der Waals surface area contributed by atoms with Crippen LogP contribution in [0.1, 0.15) is 31.2 Å². The Bertz CT molecular complexity index is 429. The summed E-state index contributed by atoms with van der Waals surface area (Å²) in [6, 6.07) is 6.97. The molecule has 0 radical (unpaired) electrons. The molecule has 1 aromatic rings. The third-order valence-electron chi connectivity index (χ3n) is 2.28. The number of hydrogen-bond donors (Lipinski definition) is 1. The summed E-state index contributed by atoms with van der Waals surface area (Å²) in [4.78, 5) is 11.1. The minimum Gasteiger partial charge on any atom is -0.481 e. The van der Waals surface area contributed by atoms with Gasteiger partial charge in [0, 0.05) is 11.4 Å². The molecule has 3 heteroatoms. The molecular formula is C13H13ClO2. The van der Waals surface area contributed by atoms with Gasteiger partial charge in [-0.2, -0.15) is 0 Å². The van der Waals surface area contributed by atoms with E-state index in [0.29, 0.717) is 17.9 Å². The molecule has 0 aliphatic heterocycles. The summed E-state index contributed by atoms with van der Waals surface area (Å²) in [6.07, 6.45) is 1.09. The van der Waals surface area contributed by atoms with Crippen molar-refractivity contribution >= 4 is 17.6 Å². The predicted molar refractivity (Wildman–Crippen MR) is 64.5 cm³/mol. The zero-order valence-electron chi connectivity index (χ0n) is 9.03. The van der Waals surface area contributed by atoms with Crippen LogP contribution >= 0.6 is 11.6 Å². The first-order chi connectivity index (χ1) is 7.65. The second-order valence-electron chi connectivity index (χ2n) is 3.41. The Morgan fingerprint density at radius 3 is 2.88 bits per heavy atom. The Hall–Kier alpha value is -1.46. The first-order valence-corrected chi connectivity index (χ1v) is 5.41. The Morgan fingerprint density at radius 1 is 1.56 bits per heavy atom. The van der Waals surface area contributed by atoms with Crippen molar-refractivity contribution in [3.05, 3.63) is 34.9 Å². The summed E-state index contributed by atoms with van der Waals surface area (Å²) in [5.74, 6) is 4.27. The van der Waals surface area contributed by atoms with Gasteiger partial charge in [0.2, 0.25) is 0 Å². The molecule has 1 rings (SSSR count). The maximum Gasteiger partial charge on any atom is 0.311 e. The molecule has 1 aromatic carbocycles. The summed E-state index contributed by atoms with van der Waals surface area (Å²) in [6.45, 7) is 1.75. The molecule has 0 aliphatic rings. The lowest BCUT2D eigenvalue weighted by molar-refractivity contribution is -0.138. The van der Waals surface area contributed by atoms with Gasteiger partial charge in [0.25, 0.3) is 0 Å². The van der Waals surface area contributed by atoms with Gasteiger partial charge >= 0.3 is 5.97 Å². The molecule has 0 aliphatic carbocycles. The minimum absolute atomic E-state index is 0.510. The summed E-state index contributed by atoms with van der Waals surface area (Å²) in [7, 11) is 0. The van der Waals surface area contributed by atoms with E-state index in [1.807, 2.05) is 0 Å². The molecule has 1 unspecified atom stereocenters. The van der Waals surface area contributed by atoms with E-state index < -0.39 is 11.9 Å². The monoisotopic (exact) mass is 236 g/mol. The van der Waals surface area contributed by atoms with Crippen LogP contribution in [-0.4, -0.2) is 11.1 Å². The largest absolute Gasteiger partial charge is 0.481 e. The van der Waals surface area contributed by atoms with Crippen LogP contribution in [0.2, 0.25) is 5.02 Å². The standard InChI is InChI=1S/C13H13ClO2/c1-2-3-4-8-12(13(15)16)10-6-5-7-11(14)9-10/h5-7,9,12H,4,8H2,1H3,(H,15,16). The number of halogens is 1. The van der Waals surface area contributed by atoms with E-state index in [2.05, 4.69) is 11.8 Å². The number of rotatable bonds is 4. The first kappa shape index (κ1) is 12.6. The molecular weight excluding hydrogens is 224 g/mol. The second-order valence-corrected chi connectivity index (χ2v) is 3.85. The molecule has 0 aromatic heterocycles. The third kappa shape index (κ3) is 3.60. The van der Waals surface area contributed by atoms with Crippen LogP contribution in [0.4, 0.5) is 0 Å². The highest BCUT2D eigenvalue weighted by Crippen LogP contribution is 2.24. The van der Waals surface area contributed by atoms with Crippen molar-refractivity contribution in [2.24, 2.45) is 0 Å². The lowest BCUT2D eigenvalue weighted by Crippen LogP contribution is -2.11. The van der Waals surface area contributed by atoms with Crippen LogP contribution in [0.5, 0.6) is 0 Å². The molecule has 84 valence electrons. The fourth-order valence-corrected chi connectivity index (χ4v) is 1.70. The van der Waals surface area contributed by atoms with Crippen LogP contribution in [-0.2, 0) is 4.79 Å². The van der Waals surface area contributed by atoms with Gasteiger partial charge in [0.1, 0.15) is 0 Å². The van der Waals surface area contributed by atoms with Crippen molar-refractivity contribution < 1.29 is 9.90 Å². The predicted octanol–water partition coefficient (Wildman–Crippen LogP) is 3.31. The van der Waals surface area contributed by atoms with E-state index in [4.69, 9.17) is 16.7 Å². The zero-order valence-corrected chi connectivity index (χ0v) is 9.79. The molecule has 0 heterocycles. The topological polar surface area (TPSA) is 37.3 Å². The molecule has 0 saturated heterocycles. The lowest BCUT2D eigenvalue weighted by Gasteiger charge is -2.11. The first-order valence-electron chi connectivity index (χ1n) is 5.03. The van der Waals surface area contributed by atoms with Crippen molar-refractivity contribution in [1.29, 1.82) is 0 Å². The Labute approximate surface area is 100 Å². The van der Waals surface area contributed by atoms with Crippen LogP contribution in [0.3, 0.4) is 0 Å².